The van der Waals surface area contributed by atoms with Crippen molar-refractivity contribution in [2.45, 2.75) is 20.3 Å². The van der Waals surface area contributed by atoms with E-state index >= 15 is 0 Å². The molecule has 1 heterocycles. The van der Waals surface area contributed by atoms with Crippen LogP contribution in [-0.2, 0) is 11.2 Å². The van der Waals surface area contributed by atoms with Gasteiger partial charge in [-0.15, -0.1) is 0 Å². The number of carbonyl (C=O) groups is 1. The molecular weight excluding hydrogens is 200 g/mol. The number of anilines is 2. The van der Waals surface area contributed by atoms with Crippen molar-refractivity contribution < 1.29 is 4.79 Å². The summed E-state index contributed by atoms with van der Waals surface area (Å²) in [4.78, 5) is 15.7. The normalized spacial score (nSPS) is 15.3. The monoisotopic (exact) mass is 218 g/mol. The van der Waals surface area contributed by atoms with Crippen LogP contribution in [0, 0.1) is 0 Å². The lowest BCUT2D eigenvalue weighted by atomic mass is 10.1. The summed E-state index contributed by atoms with van der Waals surface area (Å²) in [5.74, 6) is 0.182. The number of amides is 1. The molecule has 3 heteroatoms. The first kappa shape index (κ1) is 11.0. The number of aryl methyl sites for hydroxylation is 1. The van der Waals surface area contributed by atoms with Crippen molar-refractivity contribution in [3.8, 4) is 0 Å². The van der Waals surface area contributed by atoms with Crippen molar-refractivity contribution in [2.75, 3.05) is 29.9 Å². The molecule has 1 amide bonds. The van der Waals surface area contributed by atoms with Crippen LogP contribution in [0.25, 0.3) is 0 Å². The number of carbonyl (C=O) groups excluding carboxylic acids is 1. The molecule has 0 aliphatic carbocycles. The third kappa shape index (κ3) is 1.66. The standard InChI is InChI=1S/C13H18N2O/c1-4-10-6-7-11-12(8-10)14(3)9-13(16)15(11)5-2/h6-8H,4-5,9H2,1-3H3. The van der Waals surface area contributed by atoms with Crippen LogP contribution in [0.1, 0.15) is 19.4 Å². The van der Waals surface area contributed by atoms with Crippen molar-refractivity contribution in [1.29, 1.82) is 0 Å². The Morgan fingerprint density at radius 2 is 2.00 bits per heavy atom. The average Bonchev–Trinajstić information content (AvgIpc) is 2.29. The minimum absolute atomic E-state index is 0.182. The lowest BCUT2D eigenvalue weighted by molar-refractivity contribution is -0.117. The molecule has 0 radical (unpaired) electrons. The lowest BCUT2D eigenvalue weighted by Crippen LogP contribution is -2.44. The van der Waals surface area contributed by atoms with E-state index in [0.29, 0.717) is 6.54 Å². The van der Waals surface area contributed by atoms with Crippen molar-refractivity contribution in [3.05, 3.63) is 23.8 Å². The predicted octanol–water partition coefficient (Wildman–Crippen LogP) is 2.05. The Labute approximate surface area is 96.7 Å². The Bertz CT molecular complexity index is 414. The minimum Gasteiger partial charge on any atom is -0.364 e. The summed E-state index contributed by atoms with van der Waals surface area (Å²) >= 11 is 0. The van der Waals surface area contributed by atoms with Crippen LogP contribution in [-0.4, -0.2) is 26.0 Å². The first-order chi connectivity index (χ1) is 7.67. The lowest BCUT2D eigenvalue weighted by Gasteiger charge is -2.35. The number of nitrogens with zero attached hydrogens (tertiary/aromatic N) is 2. The van der Waals surface area contributed by atoms with Gasteiger partial charge in [0.25, 0.3) is 0 Å². The molecular formula is C13H18N2O. The third-order valence-corrected chi connectivity index (χ3v) is 3.14. The van der Waals surface area contributed by atoms with Gasteiger partial charge < -0.3 is 9.80 Å². The molecule has 0 bridgehead atoms. The summed E-state index contributed by atoms with van der Waals surface area (Å²) in [6, 6.07) is 6.35. The van der Waals surface area contributed by atoms with Crippen LogP contribution in [0.3, 0.4) is 0 Å². The van der Waals surface area contributed by atoms with E-state index in [-0.39, 0.29) is 5.91 Å². The first-order valence-electron chi connectivity index (χ1n) is 5.81. The van der Waals surface area contributed by atoms with Gasteiger partial charge in [0.1, 0.15) is 0 Å². The zero-order chi connectivity index (χ0) is 11.7. The fourth-order valence-electron chi connectivity index (χ4n) is 2.18. The highest BCUT2D eigenvalue weighted by Gasteiger charge is 2.25. The molecule has 2 rings (SSSR count). The summed E-state index contributed by atoms with van der Waals surface area (Å²) in [6.07, 6.45) is 1.03. The summed E-state index contributed by atoms with van der Waals surface area (Å²) in [5, 5.41) is 0. The van der Waals surface area contributed by atoms with Crippen LogP contribution < -0.4 is 9.80 Å². The van der Waals surface area contributed by atoms with Gasteiger partial charge in [0, 0.05) is 13.6 Å². The largest absolute Gasteiger partial charge is 0.364 e. The Morgan fingerprint density at radius 3 is 2.62 bits per heavy atom. The van der Waals surface area contributed by atoms with Gasteiger partial charge in [0.2, 0.25) is 5.91 Å². The van der Waals surface area contributed by atoms with Gasteiger partial charge in [-0.1, -0.05) is 13.0 Å². The molecule has 3 nitrogen and oxygen atoms in total. The van der Waals surface area contributed by atoms with Gasteiger partial charge in [-0.25, -0.2) is 0 Å². The molecule has 0 aromatic heterocycles. The van der Waals surface area contributed by atoms with Crippen LogP contribution in [0.15, 0.2) is 18.2 Å². The van der Waals surface area contributed by atoms with Crippen LogP contribution in [0.2, 0.25) is 0 Å². The molecule has 0 unspecified atom stereocenters. The van der Waals surface area contributed by atoms with Gasteiger partial charge in [-0.3, -0.25) is 4.79 Å². The van der Waals surface area contributed by atoms with E-state index in [1.54, 1.807) is 0 Å². The highest BCUT2D eigenvalue weighted by atomic mass is 16.2. The SMILES string of the molecule is CCc1ccc2c(c1)N(C)CC(=O)N2CC. The Kier molecular flexibility index (Phi) is 2.86. The van der Waals surface area contributed by atoms with E-state index in [1.165, 1.54) is 11.3 Å². The van der Waals surface area contributed by atoms with E-state index in [9.17, 15) is 4.79 Å². The quantitative estimate of drug-likeness (QED) is 0.758. The number of hydrogen-bond acceptors (Lipinski definition) is 2. The second-order valence-corrected chi connectivity index (χ2v) is 4.17. The Balaban J connectivity index is 2.49. The zero-order valence-electron chi connectivity index (χ0n) is 10.2. The summed E-state index contributed by atoms with van der Waals surface area (Å²) in [7, 11) is 1.98. The summed E-state index contributed by atoms with van der Waals surface area (Å²) in [5.41, 5.74) is 3.52. The number of rotatable bonds is 2. The fraction of sp³-hybridized carbons (Fsp3) is 0.462. The second-order valence-electron chi connectivity index (χ2n) is 4.17. The van der Waals surface area contributed by atoms with Gasteiger partial charge in [0.05, 0.1) is 17.9 Å². The Morgan fingerprint density at radius 1 is 1.25 bits per heavy atom. The fourth-order valence-corrected chi connectivity index (χ4v) is 2.18. The predicted molar refractivity (Wildman–Crippen MR) is 67.1 cm³/mol. The summed E-state index contributed by atoms with van der Waals surface area (Å²) in [6.45, 7) is 5.38. The van der Waals surface area contributed by atoms with E-state index in [1.807, 2.05) is 23.8 Å². The van der Waals surface area contributed by atoms with Crippen molar-refractivity contribution in [2.24, 2.45) is 0 Å². The van der Waals surface area contributed by atoms with E-state index in [4.69, 9.17) is 0 Å². The van der Waals surface area contributed by atoms with E-state index in [0.717, 1.165) is 18.7 Å². The summed E-state index contributed by atoms with van der Waals surface area (Å²) < 4.78 is 0. The number of fused-ring (bicyclic) bond motifs is 1. The second kappa shape index (κ2) is 4.16. The van der Waals surface area contributed by atoms with Gasteiger partial charge in [-0.2, -0.15) is 0 Å². The topological polar surface area (TPSA) is 23.6 Å². The third-order valence-electron chi connectivity index (χ3n) is 3.14. The smallest absolute Gasteiger partial charge is 0.246 e. The molecule has 0 saturated carbocycles. The van der Waals surface area contributed by atoms with E-state index in [2.05, 4.69) is 25.1 Å². The molecule has 0 spiro atoms. The molecule has 0 saturated heterocycles. The molecule has 1 aromatic rings. The molecule has 1 aliphatic rings. The molecule has 1 aliphatic heterocycles. The zero-order valence-corrected chi connectivity index (χ0v) is 10.2. The van der Waals surface area contributed by atoms with Crippen molar-refractivity contribution >= 4 is 17.3 Å². The molecule has 1 aromatic carbocycles. The van der Waals surface area contributed by atoms with Crippen molar-refractivity contribution in [3.63, 3.8) is 0 Å². The Hall–Kier alpha value is -1.51. The van der Waals surface area contributed by atoms with Gasteiger partial charge in [0.15, 0.2) is 0 Å². The number of benzene rings is 1. The van der Waals surface area contributed by atoms with Crippen LogP contribution in [0.5, 0.6) is 0 Å². The maximum absolute atomic E-state index is 11.8. The van der Waals surface area contributed by atoms with Gasteiger partial charge >= 0.3 is 0 Å². The molecule has 16 heavy (non-hydrogen) atoms. The van der Waals surface area contributed by atoms with E-state index < -0.39 is 0 Å². The highest BCUT2D eigenvalue weighted by Crippen LogP contribution is 2.33. The van der Waals surface area contributed by atoms with Gasteiger partial charge in [-0.05, 0) is 31.0 Å². The molecule has 0 fully saturated rings. The van der Waals surface area contributed by atoms with Crippen molar-refractivity contribution in [1.82, 2.24) is 0 Å². The molecule has 0 N–H and O–H groups in total. The first-order valence-corrected chi connectivity index (χ1v) is 5.81. The minimum atomic E-state index is 0.182. The number of hydrogen-bond donors (Lipinski definition) is 0. The molecule has 0 atom stereocenters. The van der Waals surface area contributed by atoms with Crippen LogP contribution >= 0.6 is 0 Å². The maximum atomic E-state index is 11.8. The van der Waals surface area contributed by atoms with Crippen LogP contribution in [0.4, 0.5) is 11.4 Å². The average molecular weight is 218 g/mol. The molecule has 86 valence electrons. The highest BCUT2D eigenvalue weighted by molar-refractivity contribution is 6.03. The maximum Gasteiger partial charge on any atom is 0.246 e. The number of likely N-dealkylation sites (N-methyl/N-ethyl adjacent to an activating group) is 2.